The molecule has 0 atom stereocenters. The molecule has 68 valence electrons. The molecule has 5 heteroatoms. The van der Waals surface area contributed by atoms with Crippen LogP contribution in [0.3, 0.4) is 0 Å². The molecular weight excluding hydrogens is 168 g/mol. The summed E-state index contributed by atoms with van der Waals surface area (Å²) in [5, 5.41) is 8.75. The van der Waals surface area contributed by atoms with E-state index >= 15 is 0 Å². The fraction of sp³-hybridized carbons (Fsp3) is 0.375. The average Bonchev–Trinajstić information content (AvgIpc) is 2.08. The minimum Gasteiger partial charge on any atom is -0.361 e. The van der Waals surface area contributed by atoms with Crippen molar-refractivity contribution < 1.29 is 0 Å². The van der Waals surface area contributed by atoms with Crippen LogP contribution in [0.1, 0.15) is 5.56 Å². The minimum absolute atomic E-state index is 0.359. The van der Waals surface area contributed by atoms with Gasteiger partial charge in [0.15, 0.2) is 5.82 Å². The van der Waals surface area contributed by atoms with Crippen LogP contribution in [0.2, 0.25) is 0 Å². The molecular formula is C8H10N4O. The van der Waals surface area contributed by atoms with Gasteiger partial charge >= 0.3 is 5.69 Å². The lowest BCUT2D eigenvalue weighted by molar-refractivity contribution is 0.799. The summed E-state index contributed by atoms with van der Waals surface area (Å²) >= 11 is 0. The van der Waals surface area contributed by atoms with Gasteiger partial charge in [-0.15, -0.1) is 0 Å². The molecule has 0 saturated carbocycles. The van der Waals surface area contributed by atoms with Gasteiger partial charge in [0.25, 0.3) is 0 Å². The summed E-state index contributed by atoms with van der Waals surface area (Å²) in [6, 6.07) is 1.98. The summed E-state index contributed by atoms with van der Waals surface area (Å²) in [7, 11) is 5.04. The highest BCUT2D eigenvalue weighted by molar-refractivity contribution is 5.51. The van der Waals surface area contributed by atoms with Crippen LogP contribution in [0.4, 0.5) is 5.82 Å². The predicted octanol–water partition coefficient (Wildman–Crippen LogP) is -0.282. The quantitative estimate of drug-likeness (QED) is 0.593. The first-order chi connectivity index (χ1) is 6.06. The van der Waals surface area contributed by atoms with Crippen molar-refractivity contribution in [2.45, 2.75) is 0 Å². The zero-order valence-corrected chi connectivity index (χ0v) is 7.77. The van der Waals surface area contributed by atoms with Crippen molar-refractivity contribution in [1.29, 1.82) is 5.26 Å². The molecule has 0 radical (unpaired) electrons. The van der Waals surface area contributed by atoms with E-state index in [1.165, 1.54) is 10.8 Å². The third-order valence-corrected chi connectivity index (χ3v) is 1.61. The molecule has 1 aromatic rings. The van der Waals surface area contributed by atoms with Crippen molar-refractivity contribution in [1.82, 2.24) is 9.55 Å². The molecule has 0 fully saturated rings. The SMILES string of the molecule is CN(C)c1nc(=O)n(C)cc1C#N. The van der Waals surface area contributed by atoms with Gasteiger partial charge < -0.3 is 9.47 Å². The van der Waals surface area contributed by atoms with E-state index in [9.17, 15) is 4.79 Å². The summed E-state index contributed by atoms with van der Waals surface area (Å²) in [5.74, 6) is 0.408. The van der Waals surface area contributed by atoms with Gasteiger partial charge in [0, 0.05) is 27.3 Å². The third-order valence-electron chi connectivity index (χ3n) is 1.61. The molecule has 0 spiro atoms. The van der Waals surface area contributed by atoms with Crippen molar-refractivity contribution >= 4 is 5.82 Å². The minimum atomic E-state index is -0.359. The smallest absolute Gasteiger partial charge is 0.349 e. The number of aromatic nitrogens is 2. The molecule has 0 N–H and O–H groups in total. The lowest BCUT2D eigenvalue weighted by atomic mass is 10.3. The van der Waals surface area contributed by atoms with E-state index in [1.54, 1.807) is 26.0 Å². The van der Waals surface area contributed by atoms with Crippen LogP contribution in [0, 0.1) is 11.3 Å². The Bertz CT molecular complexity index is 413. The number of hydrogen-bond acceptors (Lipinski definition) is 4. The fourth-order valence-corrected chi connectivity index (χ4v) is 0.956. The van der Waals surface area contributed by atoms with Gasteiger partial charge in [-0.3, -0.25) is 0 Å². The van der Waals surface area contributed by atoms with Crippen molar-refractivity contribution in [3.05, 3.63) is 22.2 Å². The Morgan fingerprint density at radius 2 is 2.23 bits per heavy atom. The first-order valence-corrected chi connectivity index (χ1v) is 3.71. The van der Waals surface area contributed by atoms with E-state index < -0.39 is 0 Å². The Kier molecular flexibility index (Phi) is 2.33. The first-order valence-electron chi connectivity index (χ1n) is 3.71. The van der Waals surface area contributed by atoms with E-state index in [0.29, 0.717) is 11.4 Å². The molecule has 1 rings (SSSR count). The van der Waals surface area contributed by atoms with Gasteiger partial charge in [-0.1, -0.05) is 0 Å². The van der Waals surface area contributed by atoms with Crippen LogP contribution >= 0.6 is 0 Å². The Balaban J connectivity index is 3.44. The lowest BCUT2D eigenvalue weighted by Crippen LogP contribution is -2.24. The Morgan fingerprint density at radius 3 is 2.69 bits per heavy atom. The molecule has 0 amide bonds. The fourth-order valence-electron chi connectivity index (χ4n) is 0.956. The van der Waals surface area contributed by atoms with Gasteiger partial charge in [0.05, 0.1) is 0 Å². The maximum absolute atomic E-state index is 11.1. The van der Waals surface area contributed by atoms with Crippen molar-refractivity contribution in [2.75, 3.05) is 19.0 Å². The van der Waals surface area contributed by atoms with Gasteiger partial charge in [0.2, 0.25) is 0 Å². The van der Waals surface area contributed by atoms with Gasteiger partial charge in [0.1, 0.15) is 11.6 Å². The number of anilines is 1. The van der Waals surface area contributed by atoms with Crippen LogP contribution in [0.5, 0.6) is 0 Å². The molecule has 0 aliphatic carbocycles. The third kappa shape index (κ3) is 1.67. The van der Waals surface area contributed by atoms with Crippen LogP contribution in [0.25, 0.3) is 0 Å². The van der Waals surface area contributed by atoms with E-state index in [-0.39, 0.29) is 5.69 Å². The summed E-state index contributed by atoms with van der Waals surface area (Å²) in [6.07, 6.45) is 1.48. The number of rotatable bonds is 1. The van der Waals surface area contributed by atoms with Crippen molar-refractivity contribution in [3.63, 3.8) is 0 Å². The number of aryl methyl sites for hydroxylation is 1. The molecule has 1 aromatic heterocycles. The van der Waals surface area contributed by atoms with Gasteiger partial charge in [-0.2, -0.15) is 10.2 Å². The molecule has 5 nitrogen and oxygen atoms in total. The van der Waals surface area contributed by atoms with E-state index in [0.717, 1.165) is 0 Å². The maximum atomic E-state index is 11.1. The van der Waals surface area contributed by atoms with Gasteiger partial charge in [-0.05, 0) is 0 Å². The highest BCUT2D eigenvalue weighted by Gasteiger charge is 2.07. The molecule has 0 aliphatic heterocycles. The highest BCUT2D eigenvalue weighted by Crippen LogP contribution is 2.09. The summed E-state index contributed by atoms with van der Waals surface area (Å²) in [6.45, 7) is 0. The van der Waals surface area contributed by atoms with E-state index in [4.69, 9.17) is 5.26 Å². The molecule has 13 heavy (non-hydrogen) atoms. The van der Waals surface area contributed by atoms with E-state index in [1.807, 2.05) is 6.07 Å². The molecule has 0 saturated heterocycles. The van der Waals surface area contributed by atoms with Crippen LogP contribution in [-0.2, 0) is 7.05 Å². The van der Waals surface area contributed by atoms with Gasteiger partial charge in [-0.25, -0.2) is 4.79 Å². The van der Waals surface area contributed by atoms with Crippen molar-refractivity contribution in [3.8, 4) is 6.07 Å². The summed E-state index contributed by atoms with van der Waals surface area (Å²) in [4.78, 5) is 16.5. The molecule has 0 aromatic carbocycles. The second-order valence-corrected chi connectivity index (χ2v) is 2.88. The topological polar surface area (TPSA) is 61.9 Å². The Labute approximate surface area is 75.9 Å². The largest absolute Gasteiger partial charge is 0.361 e. The molecule has 0 unspecified atom stereocenters. The monoisotopic (exact) mass is 178 g/mol. The predicted molar refractivity (Wildman–Crippen MR) is 48.5 cm³/mol. The number of hydrogen-bond donors (Lipinski definition) is 0. The second-order valence-electron chi connectivity index (χ2n) is 2.88. The number of nitriles is 1. The summed E-state index contributed by atoms with van der Waals surface area (Å²) in [5.41, 5.74) is 0.0369. The van der Waals surface area contributed by atoms with Crippen LogP contribution in [-0.4, -0.2) is 23.6 Å². The highest BCUT2D eigenvalue weighted by atomic mass is 16.1. The standard InChI is InChI=1S/C8H10N4O/c1-11(2)7-6(4-9)5-12(3)8(13)10-7/h5H,1-3H3. The van der Waals surface area contributed by atoms with Crippen molar-refractivity contribution in [2.24, 2.45) is 7.05 Å². The Hall–Kier alpha value is -1.83. The lowest BCUT2D eigenvalue weighted by Gasteiger charge is -2.12. The maximum Gasteiger partial charge on any atom is 0.349 e. The number of nitrogens with zero attached hydrogens (tertiary/aromatic N) is 4. The normalized spacial score (nSPS) is 9.38. The Morgan fingerprint density at radius 1 is 1.62 bits per heavy atom. The van der Waals surface area contributed by atoms with Crippen LogP contribution < -0.4 is 10.6 Å². The molecule has 1 heterocycles. The second kappa shape index (κ2) is 3.27. The van der Waals surface area contributed by atoms with E-state index in [2.05, 4.69) is 4.98 Å². The zero-order valence-electron chi connectivity index (χ0n) is 7.77. The molecule has 0 bridgehead atoms. The first kappa shape index (κ1) is 9.26. The zero-order chi connectivity index (χ0) is 10.0. The van der Waals surface area contributed by atoms with Crippen LogP contribution in [0.15, 0.2) is 11.0 Å². The summed E-state index contributed by atoms with van der Waals surface area (Å²) < 4.78 is 1.28. The average molecular weight is 178 g/mol. The molecule has 0 aliphatic rings.